The molecule has 4 heterocycles. The molecule has 0 radical (unpaired) electrons. The number of H-pyrrole nitrogens is 1. The van der Waals surface area contributed by atoms with Crippen LogP contribution in [-0.4, -0.2) is 38.2 Å². The summed E-state index contributed by atoms with van der Waals surface area (Å²) in [5.74, 6) is 0.109. The van der Waals surface area contributed by atoms with Gasteiger partial charge in [0.25, 0.3) is 0 Å². The van der Waals surface area contributed by atoms with Crippen molar-refractivity contribution < 1.29 is 4.39 Å². The molecule has 0 spiro atoms. The zero-order valence-electron chi connectivity index (χ0n) is 19.2. The summed E-state index contributed by atoms with van der Waals surface area (Å²) >= 11 is 8.24. The van der Waals surface area contributed by atoms with Crippen molar-refractivity contribution in [3.8, 4) is 17.3 Å². The molecular weight excluding hydrogens is 499 g/mol. The topological polar surface area (TPSA) is 120 Å². The first-order valence-electron chi connectivity index (χ1n) is 11.4. The first-order valence-corrected chi connectivity index (χ1v) is 12.6. The van der Waals surface area contributed by atoms with Gasteiger partial charge in [0.05, 0.1) is 25.6 Å². The van der Waals surface area contributed by atoms with Crippen molar-refractivity contribution in [3.05, 3.63) is 63.5 Å². The van der Waals surface area contributed by atoms with E-state index in [9.17, 15) is 9.65 Å². The van der Waals surface area contributed by atoms with Crippen LogP contribution in [0.25, 0.3) is 32.5 Å². The molecule has 2 aromatic carbocycles. The number of aromatic nitrogens is 5. The molecule has 1 fully saturated rings. The Kier molecular flexibility index (Phi) is 5.37. The minimum Gasteiger partial charge on any atom is -0.341 e. The highest BCUT2D eigenvalue weighted by Crippen LogP contribution is 2.40. The molecule has 180 valence electrons. The molecule has 0 aliphatic carbocycles. The van der Waals surface area contributed by atoms with Gasteiger partial charge >= 0.3 is 0 Å². The Morgan fingerprint density at radius 3 is 2.69 bits per heavy atom. The Morgan fingerprint density at radius 1 is 1.17 bits per heavy atom. The highest BCUT2D eigenvalue weighted by molar-refractivity contribution is 7.19. The molecule has 8 nitrogen and oxygen atoms in total. The molecule has 0 saturated carbocycles. The Bertz CT molecular complexity index is 1680. The fourth-order valence-corrected chi connectivity index (χ4v) is 6.05. The number of aromatic amines is 1. The second-order valence-corrected chi connectivity index (χ2v) is 10.5. The predicted molar refractivity (Wildman–Crippen MR) is 138 cm³/mol. The number of nitrogens with two attached hydrogens (primary N) is 1. The Hall–Kier alpha value is -3.65. The molecule has 0 atom stereocenters. The molecule has 3 N–H and O–H groups in total. The molecule has 5 aromatic rings. The Morgan fingerprint density at radius 2 is 1.94 bits per heavy atom. The van der Waals surface area contributed by atoms with Crippen molar-refractivity contribution >= 4 is 50.1 Å². The van der Waals surface area contributed by atoms with Gasteiger partial charge in [0.2, 0.25) is 5.95 Å². The van der Waals surface area contributed by atoms with E-state index in [0.717, 1.165) is 15.2 Å². The summed E-state index contributed by atoms with van der Waals surface area (Å²) in [5, 5.41) is 19.3. The molecular formula is C25H20ClFN8S. The van der Waals surface area contributed by atoms with Crippen LogP contribution in [0, 0.1) is 24.1 Å². The van der Waals surface area contributed by atoms with Crippen LogP contribution in [0.5, 0.6) is 0 Å². The van der Waals surface area contributed by atoms with Crippen LogP contribution < -0.4 is 10.6 Å². The molecule has 0 unspecified atom stereocenters. The van der Waals surface area contributed by atoms with Crippen LogP contribution >= 0.6 is 22.9 Å². The lowest BCUT2D eigenvalue weighted by Crippen LogP contribution is -2.49. The van der Waals surface area contributed by atoms with E-state index < -0.39 is 5.54 Å². The summed E-state index contributed by atoms with van der Waals surface area (Å²) in [4.78, 5) is 15.7. The van der Waals surface area contributed by atoms with Gasteiger partial charge in [0.1, 0.15) is 17.6 Å². The van der Waals surface area contributed by atoms with Crippen LogP contribution in [0.4, 0.5) is 10.3 Å². The number of thiazole rings is 1. The zero-order chi connectivity index (χ0) is 25.0. The molecule has 1 aliphatic rings. The highest BCUT2D eigenvalue weighted by atomic mass is 35.5. The number of piperidine rings is 1. The van der Waals surface area contributed by atoms with Crippen LogP contribution in [0.3, 0.4) is 0 Å². The van der Waals surface area contributed by atoms with Crippen molar-refractivity contribution in [2.75, 3.05) is 18.0 Å². The monoisotopic (exact) mass is 518 g/mol. The SMILES string of the molecule is Cc1nc2ccc(-c3n[nH]c4nc(N5CCC(N)(c6ccccc6F)CC5)nc(C#N)c34)c(Cl)c2s1. The third-order valence-electron chi connectivity index (χ3n) is 6.72. The van der Waals surface area contributed by atoms with Gasteiger partial charge in [0.15, 0.2) is 11.3 Å². The molecule has 11 heteroatoms. The Balaban J connectivity index is 1.35. The summed E-state index contributed by atoms with van der Waals surface area (Å²) < 4.78 is 15.3. The number of hydrogen-bond acceptors (Lipinski definition) is 8. The van der Waals surface area contributed by atoms with E-state index in [4.69, 9.17) is 17.3 Å². The minimum atomic E-state index is -0.768. The van der Waals surface area contributed by atoms with Gasteiger partial charge in [-0.05, 0) is 38.0 Å². The number of benzene rings is 2. The van der Waals surface area contributed by atoms with E-state index in [1.165, 1.54) is 17.4 Å². The second kappa shape index (κ2) is 8.48. The number of anilines is 1. The van der Waals surface area contributed by atoms with Crippen molar-refractivity contribution in [3.63, 3.8) is 0 Å². The Labute approximate surface area is 214 Å². The number of aryl methyl sites for hydroxylation is 1. The van der Waals surface area contributed by atoms with E-state index >= 15 is 0 Å². The number of nitrogens with zero attached hydrogens (tertiary/aromatic N) is 6. The molecule has 6 rings (SSSR count). The lowest BCUT2D eigenvalue weighted by molar-refractivity contribution is 0.328. The van der Waals surface area contributed by atoms with Crippen LogP contribution in [0.1, 0.15) is 29.1 Å². The van der Waals surface area contributed by atoms with Gasteiger partial charge in [-0.1, -0.05) is 29.8 Å². The summed E-state index contributed by atoms with van der Waals surface area (Å²) in [6.07, 6.45) is 1.05. The molecule has 1 aliphatic heterocycles. The standard InChI is InChI=1S/C25H20ClFN8S/c1-13-30-17-7-6-14(20(26)22(17)36-13)21-19-18(12-28)31-24(32-23(19)34-33-21)35-10-8-25(29,9-11-35)15-4-2-3-5-16(15)27/h2-7H,8-11,29H2,1H3,(H,31,32,33,34). The molecule has 36 heavy (non-hydrogen) atoms. The summed E-state index contributed by atoms with van der Waals surface area (Å²) in [7, 11) is 0. The molecule has 1 saturated heterocycles. The van der Waals surface area contributed by atoms with Gasteiger partial charge in [-0.15, -0.1) is 11.3 Å². The fourth-order valence-electron chi connectivity index (χ4n) is 4.83. The van der Waals surface area contributed by atoms with Crippen molar-refractivity contribution in [1.82, 2.24) is 25.1 Å². The molecule has 0 amide bonds. The van der Waals surface area contributed by atoms with Crippen LogP contribution in [0.2, 0.25) is 5.02 Å². The average molecular weight is 519 g/mol. The second-order valence-electron chi connectivity index (χ2n) is 8.91. The van der Waals surface area contributed by atoms with E-state index in [1.807, 2.05) is 24.0 Å². The third-order valence-corrected chi connectivity index (χ3v) is 8.23. The van der Waals surface area contributed by atoms with Crippen molar-refractivity contribution in [2.24, 2.45) is 5.73 Å². The van der Waals surface area contributed by atoms with Gasteiger partial charge in [-0.25, -0.2) is 14.4 Å². The normalized spacial score (nSPS) is 15.5. The first-order chi connectivity index (χ1) is 17.4. The number of fused-ring (bicyclic) bond motifs is 2. The maximum Gasteiger partial charge on any atom is 0.228 e. The van der Waals surface area contributed by atoms with Gasteiger partial charge < -0.3 is 10.6 Å². The molecule has 3 aromatic heterocycles. The van der Waals surface area contributed by atoms with Crippen molar-refractivity contribution in [2.45, 2.75) is 25.3 Å². The number of rotatable bonds is 3. The lowest BCUT2D eigenvalue weighted by atomic mass is 9.81. The quantitative estimate of drug-likeness (QED) is 0.342. The number of nitrogens with one attached hydrogen (secondary N) is 1. The van der Waals surface area contributed by atoms with Gasteiger partial charge in [-0.2, -0.15) is 15.3 Å². The van der Waals surface area contributed by atoms with Crippen LogP contribution in [-0.2, 0) is 5.54 Å². The summed E-state index contributed by atoms with van der Waals surface area (Å²) in [6.45, 7) is 2.98. The average Bonchev–Trinajstić information content (AvgIpc) is 3.48. The predicted octanol–water partition coefficient (Wildman–Crippen LogP) is 5.06. The van der Waals surface area contributed by atoms with Gasteiger partial charge in [0, 0.05) is 29.8 Å². The van der Waals surface area contributed by atoms with Gasteiger partial charge in [-0.3, -0.25) is 5.10 Å². The maximum absolute atomic E-state index is 14.4. The smallest absolute Gasteiger partial charge is 0.228 e. The van der Waals surface area contributed by atoms with Crippen molar-refractivity contribution in [1.29, 1.82) is 5.26 Å². The third kappa shape index (κ3) is 3.59. The number of hydrogen-bond donors (Lipinski definition) is 2. The zero-order valence-corrected chi connectivity index (χ0v) is 20.8. The van der Waals surface area contributed by atoms with Crippen LogP contribution in [0.15, 0.2) is 36.4 Å². The fraction of sp³-hybridized carbons (Fsp3) is 0.240. The number of nitriles is 1. The minimum absolute atomic E-state index is 0.203. The van der Waals surface area contributed by atoms with E-state index in [0.29, 0.717) is 64.8 Å². The molecule has 0 bridgehead atoms. The first kappa shape index (κ1) is 22.8. The van der Waals surface area contributed by atoms with E-state index in [2.05, 4.69) is 31.2 Å². The largest absolute Gasteiger partial charge is 0.341 e. The summed E-state index contributed by atoms with van der Waals surface area (Å²) in [6, 6.07) is 12.6. The van der Waals surface area contributed by atoms with E-state index in [-0.39, 0.29) is 11.5 Å². The summed E-state index contributed by atoms with van der Waals surface area (Å²) in [5.41, 5.74) is 9.02. The highest BCUT2D eigenvalue weighted by Gasteiger charge is 2.35. The maximum atomic E-state index is 14.4. The lowest BCUT2D eigenvalue weighted by Gasteiger charge is -2.39. The number of halogens is 2. The van der Waals surface area contributed by atoms with E-state index in [1.54, 1.807) is 18.2 Å².